The topological polar surface area (TPSA) is 14.2 Å². The first kappa shape index (κ1) is 14.2. The molecule has 2 unspecified atom stereocenters. The smallest absolute Gasteiger partial charge is 0.155 e. The Morgan fingerprint density at radius 1 is 0.955 bits per heavy atom. The van der Waals surface area contributed by atoms with E-state index in [1.54, 1.807) is 0 Å². The number of hydrogen-bond acceptors (Lipinski definition) is 1. The molecule has 1 aromatic heterocycles. The zero-order valence-electron chi connectivity index (χ0n) is 13.4. The number of nitrogens with zero attached hydrogens (tertiary/aromatic N) is 1. The minimum absolute atomic E-state index is 0.308. The van der Waals surface area contributed by atoms with Gasteiger partial charge in [0.15, 0.2) is 4.90 Å². The van der Waals surface area contributed by atoms with Gasteiger partial charge in [0.25, 0.3) is 0 Å². The number of ether oxygens (including phenoxy) is 1. The van der Waals surface area contributed by atoms with Crippen LogP contribution in [0.2, 0.25) is 0 Å². The van der Waals surface area contributed by atoms with Crippen molar-refractivity contribution < 1.29 is 4.74 Å². The first-order chi connectivity index (χ1) is 10.6. The van der Waals surface area contributed by atoms with Crippen LogP contribution in [-0.4, -0.2) is 28.3 Å². The summed E-state index contributed by atoms with van der Waals surface area (Å²) in [5.74, 6) is 2.31. The van der Waals surface area contributed by atoms with Crippen molar-refractivity contribution in [3.63, 3.8) is 0 Å². The molecule has 3 aromatic rings. The van der Waals surface area contributed by atoms with Gasteiger partial charge in [-0.1, -0.05) is 18.2 Å². The molecule has 3 heteroatoms. The van der Waals surface area contributed by atoms with Gasteiger partial charge in [0, 0.05) is 45.8 Å². The summed E-state index contributed by atoms with van der Waals surface area (Å²) in [5, 5.41) is 2.75. The van der Waals surface area contributed by atoms with Gasteiger partial charge in [-0.3, -0.25) is 0 Å². The summed E-state index contributed by atoms with van der Waals surface area (Å²) in [6.07, 6.45) is 0.741. The molecule has 0 radical (unpaired) electrons. The van der Waals surface area contributed by atoms with Crippen LogP contribution in [0.1, 0.15) is 13.8 Å². The SMILES string of the molecule is CC1C[S+](c2ccc3c(c2)c2ccccc2n3C)CC(C)O1. The van der Waals surface area contributed by atoms with E-state index < -0.39 is 0 Å². The maximum atomic E-state index is 5.90. The number of aryl methyl sites for hydroxylation is 1. The molecule has 0 aliphatic carbocycles. The number of fused-ring (bicyclic) bond motifs is 3. The third kappa shape index (κ3) is 2.24. The lowest BCUT2D eigenvalue weighted by atomic mass is 10.1. The second kappa shape index (κ2) is 5.32. The van der Waals surface area contributed by atoms with Crippen LogP contribution in [0.4, 0.5) is 0 Å². The predicted octanol–water partition coefficient (Wildman–Crippen LogP) is 4.12. The van der Waals surface area contributed by atoms with Crippen LogP contribution in [0.15, 0.2) is 47.4 Å². The number of benzene rings is 2. The summed E-state index contributed by atoms with van der Waals surface area (Å²) in [6.45, 7) is 4.40. The lowest BCUT2D eigenvalue weighted by Gasteiger charge is -2.25. The fraction of sp³-hybridized carbons (Fsp3) is 0.368. The van der Waals surface area contributed by atoms with Crippen molar-refractivity contribution in [2.75, 3.05) is 11.5 Å². The molecule has 22 heavy (non-hydrogen) atoms. The van der Waals surface area contributed by atoms with E-state index in [1.165, 1.54) is 26.7 Å². The molecular weight excluding hydrogens is 290 g/mol. The Morgan fingerprint density at radius 2 is 1.64 bits per heavy atom. The highest BCUT2D eigenvalue weighted by atomic mass is 32.2. The van der Waals surface area contributed by atoms with Crippen LogP contribution in [-0.2, 0) is 22.7 Å². The minimum Gasteiger partial charge on any atom is -0.366 e. The molecule has 1 fully saturated rings. The van der Waals surface area contributed by atoms with E-state index in [9.17, 15) is 0 Å². The van der Waals surface area contributed by atoms with Crippen molar-refractivity contribution >= 4 is 32.7 Å². The summed E-state index contributed by atoms with van der Waals surface area (Å²) in [6, 6.07) is 15.7. The molecule has 2 atom stereocenters. The molecule has 1 aliphatic rings. The van der Waals surface area contributed by atoms with Crippen LogP contribution in [0.25, 0.3) is 21.8 Å². The average Bonchev–Trinajstić information content (AvgIpc) is 2.80. The van der Waals surface area contributed by atoms with Gasteiger partial charge in [0.1, 0.15) is 23.7 Å². The van der Waals surface area contributed by atoms with Gasteiger partial charge in [-0.15, -0.1) is 0 Å². The zero-order valence-corrected chi connectivity index (χ0v) is 14.2. The van der Waals surface area contributed by atoms with Crippen LogP contribution in [0, 0.1) is 0 Å². The summed E-state index contributed by atoms with van der Waals surface area (Å²) < 4.78 is 8.20. The van der Waals surface area contributed by atoms with E-state index in [1.807, 2.05) is 0 Å². The molecule has 0 bridgehead atoms. The fourth-order valence-corrected chi connectivity index (χ4v) is 5.99. The number of aromatic nitrogens is 1. The van der Waals surface area contributed by atoms with Crippen LogP contribution < -0.4 is 0 Å². The molecule has 2 aromatic carbocycles. The van der Waals surface area contributed by atoms with Crippen molar-refractivity contribution in [3.8, 4) is 0 Å². The molecule has 2 nitrogen and oxygen atoms in total. The highest BCUT2D eigenvalue weighted by Crippen LogP contribution is 2.32. The molecular formula is C19H22NOS+. The molecule has 0 spiro atoms. The third-order valence-corrected chi connectivity index (χ3v) is 7.22. The number of hydrogen-bond donors (Lipinski definition) is 0. The van der Waals surface area contributed by atoms with Gasteiger partial charge in [-0.05, 0) is 32.0 Å². The zero-order chi connectivity index (χ0) is 15.3. The molecule has 1 aliphatic heterocycles. The van der Waals surface area contributed by atoms with Crippen molar-refractivity contribution in [3.05, 3.63) is 42.5 Å². The molecule has 0 N–H and O–H groups in total. The Bertz CT molecular complexity index is 828. The molecule has 0 saturated carbocycles. The summed E-state index contributed by atoms with van der Waals surface area (Å²) >= 11 is 0. The van der Waals surface area contributed by atoms with Crippen molar-refractivity contribution in [2.24, 2.45) is 7.05 Å². The van der Waals surface area contributed by atoms with Gasteiger partial charge < -0.3 is 9.30 Å². The molecule has 1 saturated heterocycles. The van der Waals surface area contributed by atoms with Crippen molar-refractivity contribution in [1.82, 2.24) is 4.57 Å². The second-order valence-electron chi connectivity index (χ2n) is 6.34. The molecule has 114 valence electrons. The Balaban J connectivity index is 1.85. The predicted molar refractivity (Wildman–Crippen MR) is 95.8 cm³/mol. The first-order valence-corrected chi connectivity index (χ1v) is 9.50. The average molecular weight is 312 g/mol. The van der Waals surface area contributed by atoms with E-state index in [0.29, 0.717) is 23.1 Å². The highest BCUT2D eigenvalue weighted by Gasteiger charge is 2.34. The highest BCUT2D eigenvalue weighted by molar-refractivity contribution is 7.97. The van der Waals surface area contributed by atoms with E-state index in [2.05, 4.69) is 67.9 Å². The summed E-state index contributed by atoms with van der Waals surface area (Å²) in [7, 11) is 2.47. The number of para-hydroxylation sites is 1. The first-order valence-electron chi connectivity index (χ1n) is 7.93. The number of rotatable bonds is 1. The van der Waals surface area contributed by atoms with Crippen molar-refractivity contribution in [2.45, 2.75) is 31.0 Å². The van der Waals surface area contributed by atoms with Gasteiger partial charge in [-0.2, -0.15) is 0 Å². The van der Waals surface area contributed by atoms with E-state index in [0.717, 1.165) is 11.5 Å². The largest absolute Gasteiger partial charge is 0.366 e. The van der Waals surface area contributed by atoms with Crippen LogP contribution in [0.5, 0.6) is 0 Å². The Hall–Kier alpha value is -1.45. The van der Waals surface area contributed by atoms with Gasteiger partial charge in [0.05, 0.1) is 0 Å². The standard InChI is InChI=1S/C19H22NOS/c1-13-11-22(12-14(2)21-13)15-8-9-19-17(10-15)16-6-4-5-7-18(16)20(19)3/h4-10,13-14H,11-12H2,1-3H3/q+1. The summed E-state index contributed by atoms with van der Waals surface area (Å²) in [4.78, 5) is 1.49. The van der Waals surface area contributed by atoms with Gasteiger partial charge >= 0.3 is 0 Å². The quantitative estimate of drug-likeness (QED) is 0.617. The fourth-order valence-electron chi connectivity index (χ4n) is 3.63. The Labute approximate surface area is 134 Å². The molecule has 0 amide bonds. The van der Waals surface area contributed by atoms with Gasteiger partial charge in [0.2, 0.25) is 0 Å². The van der Waals surface area contributed by atoms with Gasteiger partial charge in [-0.25, -0.2) is 0 Å². The monoisotopic (exact) mass is 312 g/mol. The van der Waals surface area contributed by atoms with Crippen molar-refractivity contribution in [1.29, 1.82) is 0 Å². The van der Waals surface area contributed by atoms with E-state index in [-0.39, 0.29) is 0 Å². The molecule has 2 heterocycles. The normalized spacial score (nSPS) is 25.9. The third-order valence-electron chi connectivity index (χ3n) is 4.55. The molecule has 4 rings (SSSR count). The summed E-state index contributed by atoms with van der Waals surface area (Å²) in [5.41, 5.74) is 2.63. The maximum Gasteiger partial charge on any atom is 0.155 e. The van der Waals surface area contributed by atoms with Crippen LogP contribution in [0.3, 0.4) is 0 Å². The lowest BCUT2D eigenvalue weighted by molar-refractivity contribution is 0.0278. The van der Waals surface area contributed by atoms with Crippen LogP contribution >= 0.6 is 0 Å². The Morgan fingerprint density at radius 3 is 2.41 bits per heavy atom. The Kier molecular flexibility index (Phi) is 3.43. The second-order valence-corrected chi connectivity index (χ2v) is 8.46. The van der Waals surface area contributed by atoms with E-state index in [4.69, 9.17) is 4.74 Å². The lowest BCUT2D eigenvalue weighted by Crippen LogP contribution is -2.38. The maximum absolute atomic E-state index is 5.90. The van der Waals surface area contributed by atoms with E-state index >= 15 is 0 Å². The minimum atomic E-state index is 0.308.